The Bertz CT molecular complexity index is 504. The Kier molecular flexibility index (Phi) is 5.07. The van der Waals surface area contributed by atoms with Gasteiger partial charge in [0.05, 0.1) is 12.2 Å². The summed E-state index contributed by atoms with van der Waals surface area (Å²) in [6.45, 7) is 4.25. The minimum atomic E-state index is -0.358. The molecule has 0 aliphatic carbocycles. The molecule has 5 nitrogen and oxygen atoms in total. The fraction of sp³-hybridized carbons (Fsp3) is 0.562. The number of hydrogen-bond donors (Lipinski definition) is 1. The third-order valence-corrected chi connectivity index (χ3v) is 4.13. The molecule has 0 radical (unpaired) electrons. The van der Waals surface area contributed by atoms with Crippen molar-refractivity contribution in [1.29, 1.82) is 0 Å². The number of nitrogens with zero attached hydrogens (tertiary/aromatic N) is 2. The van der Waals surface area contributed by atoms with E-state index in [-0.39, 0.29) is 5.97 Å². The molecule has 1 aromatic rings. The van der Waals surface area contributed by atoms with E-state index < -0.39 is 0 Å². The van der Waals surface area contributed by atoms with Gasteiger partial charge < -0.3 is 20.3 Å². The first kappa shape index (κ1) is 15.6. The smallest absolute Gasteiger partial charge is 0.340 e. The number of nitrogen functional groups attached to an aromatic ring is 1. The maximum atomic E-state index is 11.9. The summed E-state index contributed by atoms with van der Waals surface area (Å²) in [5.41, 5.74) is 7.78. The molecule has 1 aliphatic heterocycles. The highest BCUT2D eigenvalue weighted by Gasteiger charge is 2.22. The van der Waals surface area contributed by atoms with E-state index in [1.165, 1.54) is 12.8 Å². The van der Waals surface area contributed by atoms with Gasteiger partial charge in [0.25, 0.3) is 0 Å². The van der Waals surface area contributed by atoms with Crippen LogP contribution >= 0.6 is 0 Å². The number of esters is 1. The molecule has 1 fully saturated rings. The summed E-state index contributed by atoms with van der Waals surface area (Å²) >= 11 is 0. The highest BCUT2D eigenvalue weighted by Crippen LogP contribution is 2.23. The van der Waals surface area contributed by atoms with Crippen molar-refractivity contribution in [3.05, 3.63) is 23.8 Å². The Balaban J connectivity index is 2.12. The van der Waals surface area contributed by atoms with Gasteiger partial charge in [-0.25, -0.2) is 4.79 Å². The lowest BCUT2D eigenvalue weighted by atomic mass is 10.1. The number of likely N-dealkylation sites (tertiary alicyclic amines) is 1. The molecule has 21 heavy (non-hydrogen) atoms. The topological polar surface area (TPSA) is 58.8 Å². The standard InChI is InChI=1S/C16H25N3O2/c1-4-21-16(20)14-10-12(7-8-15(14)17)19(3)11-13-6-5-9-18(13)2/h7-8,10,13H,4-6,9,11,17H2,1-3H3. The van der Waals surface area contributed by atoms with Gasteiger partial charge >= 0.3 is 5.97 Å². The Labute approximate surface area is 126 Å². The zero-order chi connectivity index (χ0) is 15.4. The van der Waals surface area contributed by atoms with Crippen molar-refractivity contribution in [1.82, 2.24) is 4.90 Å². The summed E-state index contributed by atoms with van der Waals surface area (Å²) in [5.74, 6) is -0.358. The zero-order valence-corrected chi connectivity index (χ0v) is 13.1. The molecule has 2 rings (SSSR count). The van der Waals surface area contributed by atoms with Gasteiger partial charge in [-0.2, -0.15) is 0 Å². The molecule has 1 saturated heterocycles. The van der Waals surface area contributed by atoms with E-state index in [0.29, 0.717) is 23.9 Å². The third-order valence-electron chi connectivity index (χ3n) is 4.13. The molecule has 1 aromatic carbocycles. The molecule has 0 bridgehead atoms. The lowest BCUT2D eigenvalue weighted by Gasteiger charge is -2.27. The molecule has 0 aromatic heterocycles. The molecule has 1 aliphatic rings. The van der Waals surface area contributed by atoms with Crippen LogP contribution in [0.1, 0.15) is 30.1 Å². The summed E-state index contributed by atoms with van der Waals surface area (Å²) in [6, 6.07) is 6.12. The van der Waals surface area contributed by atoms with Crippen molar-refractivity contribution in [3.8, 4) is 0 Å². The van der Waals surface area contributed by atoms with E-state index >= 15 is 0 Å². The second kappa shape index (κ2) is 6.80. The lowest BCUT2D eigenvalue weighted by molar-refractivity contribution is 0.0527. The van der Waals surface area contributed by atoms with E-state index in [9.17, 15) is 4.79 Å². The first-order chi connectivity index (χ1) is 10.0. The number of carbonyl (C=O) groups is 1. The van der Waals surface area contributed by atoms with Crippen LogP contribution in [-0.4, -0.2) is 50.7 Å². The maximum absolute atomic E-state index is 11.9. The van der Waals surface area contributed by atoms with Gasteiger partial charge in [-0.1, -0.05) is 0 Å². The Morgan fingerprint density at radius 3 is 2.90 bits per heavy atom. The number of anilines is 2. The summed E-state index contributed by atoms with van der Waals surface area (Å²) in [6.07, 6.45) is 2.48. The summed E-state index contributed by atoms with van der Waals surface area (Å²) in [5, 5.41) is 0. The minimum Gasteiger partial charge on any atom is -0.462 e. The van der Waals surface area contributed by atoms with Crippen molar-refractivity contribution in [2.75, 3.05) is 44.4 Å². The van der Waals surface area contributed by atoms with E-state index in [0.717, 1.165) is 18.8 Å². The second-order valence-corrected chi connectivity index (χ2v) is 5.65. The largest absolute Gasteiger partial charge is 0.462 e. The Hall–Kier alpha value is -1.75. The van der Waals surface area contributed by atoms with Crippen molar-refractivity contribution in [3.63, 3.8) is 0 Å². The quantitative estimate of drug-likeness (QED) is 0.664. The van der Waals surface area contributed by atoms with E-state index in [4.69, 9.17) is 10.5 Å². The molecule has 1 heterocycles. The van der Waals surface area contributed by atoms with E-state index in [1.807, 2.05) is 19.2 Å². The number of hydrogen-bond acceptors (Lipinski definition) is 5. The van der Waals surface area contributed by atoms with Crippen LogP contribution in [0.2, 0.25) is 0 Å². The van der Waals surface area contributed by atoms with E-state index in [2.05, 4.69) is 16.8 Å². The average Bonchev–Trinajstić information content (AvgIpc) is 2.85. The molecule has 0 amide bonds. The maximum Gasteiger partial charge on any atom is 0.340 e. The van der Waals surface area contributed by atoms with Gasteiger partial charge in [-0.15, -0.1) is 0 Å². The zero-order valence-electron chi connectivity index (χ0n) is 13.1. The first-order valence-corrected chi connectivity index (χ1v) is 7.51. The molecule has 5 heteroatoms. The van der Waals surface area contributed by atoms with Crippen molar-refractivity contribution < 1.29 is 9.53 Å². The fourth-order valence-electron chi connectivity index (χ4n) is 2.80. The van der Waals surface area contributed by atoms with E-state index in [1.54, 1.807) is 13.0 Å². The molecular formula is C16H25N3O2. The third kappa shape index (κ3) is 3.67. The molecule has 1 unspecified atom stereocenters. The number of rotatable bonds is 5. The predicted octanol–water partition coefficient (Wildman–Crippen LogP) is 1.98. The Morgan fingerprint density at radius 1 is 1.52 bits per heavy atom. The van der Waals surface area contributed by atoms with Gasteiger partial charge in [0.1, 0.15) is 0 Å². The number of benzene rings is 1. The van der Waals surface area contributed by atoms with Crippen LogP contribution in [0.15, 0.2) is 18.2 Å². The highest BCUT2D eigenvalue weighted by molar-refractivity contribution is 5.96. The van der Waals surface area contributed by atoms with Gasteiger partial charge in [0, 0.05) is 31.0 Å². The van der Waals surface area contributed by atoms with Crippen molar-refractivity contribution in [2.45, 2.75) is 25.8 Å². The second-order valence-electron chi connectivity index (χ2n) is 5.65. The first-order valence-electron chi connectivity index (χ1n) is 7.51. The van der Waals surface area contributed by atoms with Gasteiger partial charge in [0.15, 0.2) is 0 Å². The fourth-order valence-corrected chi connectivity index (χ4v) is 2.80. The highest BCUT2D eigenvalue weighted by atomic mass is 16.5. The molecule has 2 N–H and O–H groups in total. The molecular weight excluding hydrogens is 266 g/mol. The van der Waals surface area contributed by atoms with Crippen LogP contribution < -0.4 is 10.6 Å². The summed E-state index contributed by atoms with van der Waals surface area (Å²) < 4.78 is 5.05. The van der Waals surface area contributed by atoms with Crippen LogP contribution in [0, 0.1) is 0 Å². The van der Waals surface area contributed by atoms with Crippen LogP contribution in [0.3, 0.4) is 0 Å². The lowest BCUT2D eigenvalue weighted by Crippen LogP contribution is -2.36. The van der Waals surface area contributed by atoms with Crippen LogP contribution in [-0.2, 0) is 4.74 Å². The number of likely N-dealkylation sites (N-methyl/N-ethyl adjacent to an activating group) is 2. The minimum absolute atomic E-state index is 0.352. The normalized spacial score (nSPS) is 18.7. The number of carbonyl (C=O) groups excluding carboxylic acids is 1. The molecule has 0 spiro atoms. The molecule has 116 valence electrons. The van der Waals surface area contributed by atoms with Crippen molar-refractivity contribution in [2.24, 2.45) is 0 Å². The van der Waals surface area contributed by atoms with Crippen LogP contribution in [0.5, 0.6) is 0 Å². The molecule has 0 saturated carbocycles. The number of nitrogens with two attached hydrogens (primary N) is 1. The predicted molar refractivity (Wildman–Crippen MR) is 85.7 cm³/mol. The van der Waals surface area contributed by atoms with Crippen LogP contribution in [0.4, 0.5) is 11.4 Å². The monoisotopic (exact) mass is 291 g/mol. The Morgan fingerprint density at radius 2 is 2.29 bits per heavy atom. The van der Waals surface area contributed by atoms with Gasteiger partial charge in [-0.3, -0.25) is 0 Å². The number of ether oxygens (including phenoxy) is 1. The van der Waals surface area contributed by atoms with Gasteiger partial charge in [0.2, 0.25) is 0 Å². The average molecular weight is 291 g/mol. The van der Waals surface area contributed by atoms with Crippen LogP contribution in [0.25, 0.3) is 0 Å². The van der Waals surface area contributed by atoms with Crippen molar-refractivity contribution >= 4 is 17.3 Å². The SMILES string of the molecule is CCOC(=O)c1cc(N(C)CC2CCCN2C)ccc1N. The van der Waals surface area contributed by atoms with Gasteiger partial charge in [-0.05, 0) is 51.6 Å². The summed E-state index contributed by atoms with van der Waals surface area (Å²) in [7, 11) is 4.21. The molecule has 1 atom stereocenters. The summed E-state index contributed by atoms with van der Waals surface area (Å²) in [4.78, 5) is 16.5.